The average Bonchev–Trinajstić information content (AvgIpc) is 2.57. The summed E-state index contributed by atoms with van der Waals surface area (Å²) in [6.45, 7) is 5.68. The van der Waals surface area contributed by atoms with Crippen LogP contribution in [0.25, 0.3) is 0 Å². The number of methoxy groups -OCH3 is 1. The smallest absolute Gasteiger partial charge is 0.303 e. The van der Waals surface area contributed by atoms with Crippen LogP contribution in [0.5, 0.6) is 5.75 Å². The molecule has 0 fully saturated rings. The Hall–Kier alpha value is -2.49. The second-order valence-electron chi connectivity index (χ2n) is 6.72. The molecule has 0 aliphatic carbocycles. The number of nitrogens with one attached hydrogen (secondary N) is 1. The molecule has 2 aromatic rings. The van der Waals surface area contributed by atoms with Crippen LogP contribution in [0.3, 0.4) is 0 Å². The predicted octanol–water partition coefficient (Wildman–Crippen LogP) is 4.49. The number of hydrogen-bond acceptors (Lipinski definition) is 4. The molecule has 0 saturated heterocycles. The number of ether oxygens (including phenoxy) is 2. The molecule has 4 nitrogen and oxygen atoms in total. The fourth-order valence-corrected chi connectivity index (χ4v) is 3.52. The molecule has 1 N–H and O–H groups in total. The lowest BCUT2D eigenvalue weighted by Crippen LogP contribution is -2.40. The maximum atomic E-state index is 11.7. The summed E-state index contributed by atoms with van der Waals surface area (Å²) in [5.41, 5.74) is 2.69. The van der Waals surface area contributed by atoms with E-state index in [1.807, 2.05) is 42.5 Å². The maximum Gasteiger partial charge on any atom is 0.303 e. The fourth-order valence-electron chi connectivity index (χ4n) is 3.52. The highest BCUT2D eigenvalue weighted by Gasteiger charge is 2.46. The van der Waals surface area contributed by atoms with E-state index in [2.05, 4.69) is 25.2 Å². The first-order chi connectivity index (χ1) is 11.4. The van der Waals surface area contributed by atoms with Gasteiger partial charge in [-0.15, -0.1) is 0 Å². The molecule has 0 amide bonds. The van der Waals surface area contributed by atoms with Gasteiger partial charge in [-0.05, 0) is 12.1 Å². The Bertz CT molecular complexity index is 754. The Kier molecular flexibility index (Phi) is 4.22. The molecule has 0 bridgehead atoms. The topological polar surface area (TPSA) is 47.6 Å². The first kappa shape index (κ1) is 16.4. The number of para-hydroxylation sites is 2. The molecule has 4 heteroatoms. The molecule has 2 aromatic carbocycles. The van der Waals surface area contributed by atoms with E-state index in [0.717, 1.165) is 22.6 Å². The van der Waals surface area contributed by atoms with Gasteiger partial charge < -0.3 is 14.8 Å². The number of benzene rings is 2. The number of carbonyl (C=O) groups is 1. The van der Waals surface area contributed by atoms with Crippen molar-refractivity contribution in [3.05, 3.63) is 59.7 Å². The molecule has 2 atom stereocenters. The van der Waals surface area contributed by atoms with E-state index in [0.29, 0.717) is 0 Å². The second kappa shape index (κ2) is 6.19. The molecule has 0 spiro atoms. The van der Waals surface area contributed by atoms with Gasteiger partial charge in [0.15, 0.2) is 0 Å². The van der Waals surface area contributed by atoms with Crippen molar-refractivity contribution in [1.29, 1.82) is 0 Å². The minimum Gasteiger partial charge on any atom is -0.496 e. The Labute approximate surface area is 142 Å². The van der Waals surface area contributed by atoms with Gasteiger partial charge in [0.05, 0.1) is 13.2 Å². The summed E-state index contributed by atoms with van der Waals surface area (Å²) in [5.74, 6) is 0.549. The quantitative estimate of drug-likeness (QED) is 0.845. The van der Waals surface area contributed by atoms with Gasteiger partial charge in [-0.2, -0.15) is 0 Å². The third kappa shape index (κ3) is 2.73. The van der Waals surface area contributed by atoms with Crippen molar-refractivity contribution in [3.8, 4) is 5.75 Å². The molecule has 126 valence electrons. The largest absolute Gasteiger partial charge is 0.496 e. The molecule has 0 saturated carbocycles. The summed E-state index contributed by atoms with van der Waals surface area (Å²) in [4.78, 5) is 11.7. The van der Waals surface area contributed by atoms with Gasteiger partial charge in [-0.25, -0.2) is 0 Å². The SMILES string of the molecule is COc1ccccc1[C@H]1Nc2ccccc2[C@H](OC(C)=O)C1(C)C. The number of anilines is 1. The highest BCUT2D eigenvalue weighted by atomic mass is 16.5. The molecule has 1 aliphatic heterocycles. The number of fused-ring (bicyclic) bond motifs is 1. The van der Waals surface area contributed by atoms with Crippen LogP contribution in [0, 0.1) is 5.41 Å². The van der Waals surface area contributed by atoms with Crippen molar-refractivity contribution in [2.24, 2.45) is 5.41 Å². The number of esters is 1. The summed E-state index contributed by atoms with van der Waals surface area (Å²) in [7, 11) is 1.67. The normalized spacial score (nSPS) is 21.3. The maximum absolute atomic E-state index is 11.7. The van der Waals surface area contributed by atoms with Crippen LogP contribution >= 0.6 is 0 Å². The zero-order chi connectivity index (χ0) is 17.3. The van der Waals surface area contributed by atoms with Crippen molar-refractivity contribution in [1.82, 2.24) is 0 Å². The summed E-state index contributed by atoms with van der Waals surface area (Å²) in [6, 6.07) is 15.9. The number of hydrogen-bond donors (Lipinski definition) is 1. The Balaban J connectivity index is 2.13. The molecule has 1 aliphatic rings. The third-order valence-electron chi connectivity index (χ3n) is 4.70. The van der Waals surface area contributed by atoms with E-state index in [1.165, 1.54) is 6.92 Å². The van der Waals surface area contributed by atoms with Gasteiger partial charge >= 0.3 is 5.97 Å². The van der Waals surface area contributed by atoms with Crippen molar-refractivity contribution in [2.45, 2.75) is 32.9 Å². The van der Waals surface area contributed by atoms with Gasteiger partial charge in [0.1, 0.15) is 11.9 Å². The van der Waals surface area contributed by atoms with Gasteiger partial charge in [0, 0.05) is 29.2 Å². The summed E-state index contributed by atoms with van der Waals surface area (Å²) in [6.07, 6.45) is -0.331. The standard InChI is InChI=1S/C20H23NO3/c1-13(22)24-19-14-9-5-7-11-16(14)21-18(20(19,2)3)15-10-6-8-12-17(15)23-4/h5-12,18-19,21H,1-4H3/t18-,19+/m1/s1. The van der Waals surface area contributed by atoms with E-state index in [-0.39, 0.29) is 23.5 Å². The van der Waals surface area contributed by atoms with Gasteiger partial charge in [-0.3, -0.25) is 4.79 Å². The lowest BCUT2D eigenvalue weighted by molar-refractivity contribution is -0.154. The Morgan fingerprint density at radius 2 is 1.67 bits per heavy atom. The first-order valence-corrected chi connectivity index (χ1v) is 8.10. The first-order valence-electron chi connectivity index (χ1n) is 8.10. The summed E-state index contributed by atoms with van der Waals surface area (Å²) < 4.78 is 11.3. The van der Waals surface area contributed by atoms with Crippen LogP contribution in [0.1, 0.15) is 44.0 Å². The summed E-state index contributed by atoms with van der Waals surface area (Å²) in [5, 5.41) is 3.61. The van der Waals surface area contributed by atoms with Gasteiger partial charge in [0.25, 0.3) is 0 Å². The molecule has 0 aromatic heterocycles. The number of carbonyl (C=O) groups excluding carboxylic acids is 1. The van der Waals surface area contributed by atoms with E-state index >= 15 is 0 Å². The monoisotopic (exact) mass is 325 g/mol. The van der Waals surface area contributed by atoms with Crippen LogP contribution in [0.15, 0.2) is 48.5 Å². The molecule has 24 heavy (non-hydrogen) atoms. The third-order valence-corrected chi connectivity index (χ3v) is 4.70. The Morgan fingerprint density at radius 1 is 1.04 bits per heavy atom. The lowest BCUT2D eigenvalue weighted by atomic mass is 9.70. The van der Waals surface area contributed by atoms with E-state index in [4.69, 9.17) is 9.47 Å². The van der Waals surface area contributed by atoms with E-state index in [1.54, 1.807) is 7.11 Å². The fraction of sp³-hybridized carbons (Fsp3) is 0.350. The molecule has 0 unspecified atom stereocenters. The average molecular weight is 325 g/mol. The van der Waals surface area contributed by atoms with Crippen molar-refractivity contribution >= 4 is 11.7 Å². The van der Waals surface area contributed by atoms with Crippen molar-refractivity contribution in [2.75, 3.05) is 12.4 Å². The lowest BCUT2D eigenvalue weighted by Gasteiger charge is -2.46. The zero-order valence-corrected chi connectivity index (χ0v) is 14.5. The highest BCUT2D eigenvalue weighted by molar-refractivity contribution is 5.68. The van der Waals surface area contributed by atoms with Crippen LogP contribution in [0.4, 0.5) is 5.69 Å². The minimum absolute atomic E-state index is 0.0482. The molecule has 3 rings (SSSR count). The summed E-state index contributed by atoms with van der Waals surface area (Å²) >= 11 is 0. The molecular weight excluding hydrogens is 302 g/mol. The predicted molar refractivity (Wildman–Crippen MR) is 94.1 cm³/mol. The van der Waals surface area contributed by atoms with Crippen molar-refractivity contribution < 1.29 is 14.3 Å². The highest BCUT2D eigenvalue weighted by Crippen LogP contribution is 2.54. The molecule has 1 heterocycles. The van der Waals surface area contributed by atoms with Crippen LogP contribution < -0.4 is 10.1 Å². The Morgan fingerprint density at radius 3 is 2.33 bits per heavy atom. The van der Waals surface area contributed by atoms with Gasteiger partial charge in [0.2, 0.25) is 0 Å². The molecular formula is C20H23NO3. The van der Waals surface area contributed by atoms with Crippen LogP contribution in [-0.4, -0.2) is 13.1 Å². The van der Waals surface area contributed by atoms with E-state index in [9.17, 15) is 4.79 Å². The molecule has 0 radical (unpaired) electrons. The van der Waals surface area contributed by atoms with Gasteiger partial charge in [-0.1, -0.05) is 50.2 Å². The second-order valence-corrected chi connectivity index (χ2v) is 6.72. The number of rotatable bonds is 3. The zero-order valence-electron chi connectivity index (χ0n) is 14.5. The van der Waals surface area contributed by atoms with Crippen LogP contribution in [0.2, 0.25) is 0 Å². The van der Waals surface area contributed by atoms with Crippen LogP contribution in [-0.2, 0) is 9.53 Å². The van der Waals surface area contributed by atoms with E-state index < -0.39 is 0 Å². The van der Waals surface area contributed by atoms with Crippen molar-refractivity contribution in [3.63, 3.8) is 0 Å². The minimum atomic E-state index is -0.353.